The van der Waals surface area contributed by atoms with Crippen molar-refractivity contribution in [3.8, 4) is 0 Å². The molecule has 0 aromatic rings. The molecule has 3 nitrogen and oxygen atoms in total. The van der Waals surface area contributed by atoms with Gasteiger partial charge in [0, 0.05) is 48.6 Å². The number of nitrogens with one attached hydrogen (secondary N) is 2. The van der Waals surface area contributed by atoms with Gasteiger partial charge in [-0.3, -0.25) is 4.79 Å². The van der Waals surface area contributed by atoms with Crippen LogP contribution in [0.1, 0.15) is 13.3 Å². The molecule has 0 aromatic heterocycles. The van der Waals surface area contributed by atoms with Crippen LogP contribution in [0.2, 0.25) is 0 Å². The zero-order valence-corrected chi connectivity index (χ0v) is 11.0. The maximum absolute atomic E-state index is 11.1. The molecule has 15 heavy (non-hydrogen) atoms. The molecule has 1 heterocycles. The van der Waals surface area contributed by atoms with E-state index in [4.69, 9.17) is 0 Å². The van der Waals surface area contributed by atoms with Crippen molar-refractivity contribution in [2.45, 2.75) is 24.6 Å². The lowest BCUT2D eigenvalue weighted by atomic mass is 10.2. The molecule has 1 fully saturated rings. The maximum Gasteiger partial charge on any atom is 0.221 e. The summed E-state index contributed by atoms with van der Waals surface area (Å²) >= 11 is 4.08. The van der Waals surface area contributed by atoms with Crippen molar-refractivity contribution in [1.82, 2.24) is 10.6 Å². The number of amides is 1. The molecule has 0 radical (unpaired) electrons. The van der Waals surface area contributed by atoms with Crippen LogP contribution in [0.3, 0.4) is 0 Å². The Morgan fingerprint density at radius 2 is 2.33 bits per heavy atom. The molecule has 5 heteroatoms. The SMILES string of the molecule is CNC(=O)CC(C)NCC1CSCCS1. The maximum atomic E-state index is 11.1. The Hall–Kier alpha value is 0.130. The smallest absolute Gasteiger partial charge is 0.221 e. The van der Waals surface area contributed by atoms with Crippen molar-refractivity contribution in [3.63, 3.8) is 0 Å². The summed E-state index contributed by atoms with van der Waals surface area (Å²) < 4.78 is 0. The summed E-state index contributed by atoms with van der Waals surface area (Å²) in [5, 5.41) is 6.79. The second-order valence-corrected chi connectivity index (χ2v) is 6.31. The van der Waals surface area contributed by atoms with Crippen molar-refractivity contribution in [3.05, 3.63) is 0 Å². The minimum atomic E-state index is 0.112. The van der Waals surface area contributed by atoms with Crippen molar-refractivity contribution < 1.29 is 4.79 Å². The molecule has 1 aliphatic rings. The third-order valence-electron chi connectivity index (χ3n) is 2.35. The molecule has 0 spiro atoms. The first kappa shape index (κ1) is 13.2. The Kier molecular flexibility index (Phi) is 6.52. The molecule has 1 saturated heterocycles. The molecule has 2 unspecified atom stereocenters. The van der Waals surface area contributed by atoms with Crippen LogP contribution in [0.15, 0.2) is 0 Å². The van der Waals surface area contributed by atoms with Gasteiger partial charge >= 0.3 is 0 Å². The van der Waals surface area contributed by atoms with Gasteiger partial charge in [-0.15, -0.1) is 0 Å². The second kappa shape index (κ2) is 7.41. The molecule has 2 atom stereocenters. The van der Waals surface area contributed by atoms with Gasteiger partial charge in [-0.25, -0.2) is 0 Å². The van der Waals surface area contributed by atoms with Crippen LogP contribution in [0.25, 0.3) is 0 Å². The number of thioether (sulfide) groups is 2. The molecule has 1 aliphatic heterocycles. The van der Waals surface area contributed by atoms with Crippen LogP contribution in [0, 0.1) is 0 Å². The lowest BCUT2D eigenvalue weighted by Crippen LogP contribution is -2.37. The zero-order chi connectivity index (χ0) is 11.1. The molecular formula is C10H20N2OS2. The fourth-order valence-electron chi connectivity index (χ4n) is 1.44. The van der Waals surface area contributed by atoms with Gasteiger partial charge in [0.25, 0.3) is 0 Å². The molecule has 2 N–H and O–H groups in total. The molecule has 0 bridgehead atoms. The molecule has 88 valence electrons. The number of carbonyl (C=O) groups excluding carboxylic acids is 1. The highest BCUT2D eigenvalue weighted by Crippen LogP contribution is 2.23. The van der Waals surface area contributed by atoms with Crippen molar-refractivity contribution in [2.75, 3.05) is 30.9 Å². The number of carbonyl (C=O) groups is 1. The Bertz CT molecular complexity index is 196. The summed E-state index contributed by atoms with van der Waals surface area (Å²) in [7, 11) is 1.68. The summed E-state index contributed by atoms with van der Waals surface area (Å²) in [4.78, 5) is 11.1. The number of hydrogen-bond acceptors (Lipinski definition) is 4. The molecule has 0 aliphatic carbocycles. The van der Waals surface area contributed by atoms with Gasteiger partial charge in [-0.05, 0) is 6.92 Å². The fourth-order valence-corrected chi connectivity index (χ4v) is 4.06. The normalized spacial score (nSPS) is 23.5. The Morgan fingerprint density at radius 1 is 1.53 bits per heavy atom. The average molecular weight is 248 g/mol. The third-order valence-corrected chi connectivity index (χ3v) is 5.19. The van der Waals surface area contributed by atoms with E-state index < -0.39 is 0 Å². The molecule has 0 aromatic carbocycles. The first-order valence-corrected chi connectivity index (χ1v) is 7.56. The van der Waals surface area contributed by atoms with Gasteiger partial charge in [0.05, 0.1) is 0 Å². The van der Waals surface area contributed by atoms with Gasteiger partial charge in [-0.1, -0.05) is 0 Å². The van der Waals surface area contributed by atoms with E-state index in [1.165, 1.54) is 17.3 Å². The quantitative estimate of drug-likeness (QED) is 0.760. The summed E-state index contributed by atoms with van der Waals surface area (Å²) in [5.41, 5.74) is 0. The van der Waals surface area contributed by atoms with Crippen molar-refractivity contribution in [1.29, 1.82) is 0 Å². The molecule has 0 saturated carbocycles. The van der Waals surface area contributed by atoms with E-state index in [1.807, 2.05) is 23.5 Å². The average Bonchev–Trinajstić information content (AvgIpc) is 2.27. The lowest BCUT2D eigenvalue weighted by molar-refractivity contribution is -0.121. The highest BCUT2D eigenvalue weighted by atomic mass is 32.2. The molecule has 1 rings (SSSR count). The van der Waals surface area contributed by atoms with Crippen molar-refractivity contribution >= 4 is 29.4 Å². The Morgan fingerprint density at radius 3 is 2.93 bits per heavy atom. The van der Waals surface area contributed by atoms with Gasteiger partial charge in [0.15, 0.2) is 0 Å². The van der Waals surface area contributed by atoms with E-state index in [2.05, 4.69) is 17.6 Å². The minimum Gasteiger partial charge on any atom is -0.359 e. The van der Waals surface area contributed by atoms with Crippen LogP contribution in [0.5, 0.6) is 0 Å². The Balaban J connectivity index is 2.09. The molecule has 1 amide bonds. The van der Waals surface area contributed by atoms with Crippen LogP contribution in [-0.2, 0) is 4.79 Å². The minimum absolute atomic E-state index is 0.112. The van der Waals surface area contributed by atoms with Crippen LogP contribution < -0.4 is 10.6 Å². The van der Waals surface area contributed by atoms with E-state index in [1.54, 1.807) is 7.05 Å². The number of hydrogen-bond donors (Lipinski definition) is 2. The second-order valence-electron chi connectivity index (χ2n) is 3.75. The highest BCUT2D eigenvalue weighted by Gasteiger charge is 2.15. The standard InChI is InChI=1S/C10H20N2OS2/c1-8(5-10(13)11-2)12-6-9-7-14-3-4-15-9/h8-9,12H,3-7H2,1-2H3,(H,11,13). The van der Waals surface area contributed by atoms with E-state index in [-0.39, 0.29) is 11.9 Å². The first-order chi connectivity index (χ1) is 7.22. The largest absolute Gasteiger partial charge is 0.359 e. The van der Waals surface area contributed by atoms with E-state index in [0.29, 0.717) is 6.42 Å². The predicted octanol–water partition coefficient (Wildman–Crippen LogP) is 0.949. The Labute approximate surface area is 101 Å². The third kappa shape index (κ3) is 5.68. The van der Waals surface area contributed by atoms with Gasteiger partial charge in [0.1, 0.15) is 0 Å². The van der Waals surface area contributed by atoms with Crippen LogP contribution >= 0.6 is 23.5 Å². The first-order valence-electron chi connectivity index (χ1n) is 5.35. The summed E-state index contributed by atoms with van der Waals surface area (Å²) in [6.07, 6.45) is 0.570. The van der Waals surface area contributed by atoms with E-state index in [0.717, 1.165) is 11.8 Å². The molecular weight excluding hydrogens is 228 g/mol. The van der Waals surface area contributed by atoms with Gasteiger partial charge < -0.3 is 10.6 Å². The van der Waals surface area contributed by atoms with Crippen LogP contribution in [0.4, 0.5) is 0 Å². The highest BCUT2D eigenvalue weighted by molar-refractivity contribution is 8.06. The van der Waals surface area contributed by atoms with Crippen molar-refractivity contribution in [2.24, 2.45) is 0 Å². The zero-order valence-electron chi connectivity index (χ0n) is 9.41. The van der Waals surface area contributed by atoms with Crippen LogP contribution in [-0.4, -0.2) is 48.0 Å². The topological polar surface area (TPSA) is 41.1 Å². The summed E-state index contributed by atoms with van der Waals surface area (Å²) in [6.45, 7) is 3.09. The fraction of sp³-hybridized carbons (Fsp3) is 0.900. The summed E-state index contributed by atoms with van der Waals surface area (Å²) in [5.74, 6) is 3.90. The van der Waals surface area contributed by atoms with E-state index >= 15 is 0 Å². The monoisotopic (exact) mass is 248 g/mol. The number of rotatable bonds is 5. The van der Waals surface area contributed by atoms with E-state index in [9.17, 15) is 4.79 Å². The van der Waals surface area contributed by atoms with Gasteiger partial charge in [-0.2, -0.15) is 23.5 Å². The lowest BCUT2D eigenvalue weighted by Gasteiger charge is -2.23. The summed E-state index contributed by atoms with van der Waals surface area (Å²) in [6, 6.07) is 0.275. The predicted molar refractivity (Wildman–Crippen MR) is 69.7 cm³/mol. The van der Waals surface area contributed by atoms with Gasteiger partial charge in [0.2, 0.25) is 5.91 Å².